The number of hydrogen-bond donors (Lipinski definition) is 0. The highest BCUT2D eigenvalue weighted by Gasteiger charge is 2.24. The summed E-state index contributed by atoms with van der Waals surface area (Å²) < 4.78 is 11.2. The van der Waals surface area contributed by atoms with Crippen LogP contribution in [-0.2, 0) is 16.0 Å². The first-order valence-corrected chi connectivity index (χ1v) is 9.58. The topological polar surface area (TPSA) is 99.9 Å². The average Bonchev–Trinajstić information content (AvgIpc) is 2.65. The van der Waals surface area contributed by atoms with E-state index in [-0.39, 0.29) is 12.5 Å². The summed E-state index contributed by atoms with van der Waals surface area (Å²) in [5, 5.41) is 11.7. The van der Waals surface area contributed by atoms with Crippen molar-refractivity contribution in [2.75, 3.05) is 19.7 Å². The van der Waals surface area contributed by atoms with E-state index in [0.717, 1.165) is 22.9 Å². The Kier molecular flexibility index (Phi) is 6.02. The van der Waals surface area contributed by atoms with E-state index in [1.807, 2.05) is 19.9 Å². The summed E-state index contributed by atoms with van der Waals surface area (Å²) in [6.45, 7) is 4.50. The van der Waals surface area contributed by atoms with Crippen LogP contribution in [0.3, 0.4) is 0 Å². The fourth-order valence-electron chi connectivity index (χ4n) is 3.65. The number of likely N-dealkylation sites (tertiary alicyclic amines) is 1. The van der Waals surface area contributed by atoms with Crippen molar-refractivity contribution in [1.29, 1.82) is 0 Å². The second-order valence-electron chi connectivity index (χ2n) is 7.24. The van der Waals surface area contributed by atoms with E-state index < -0.39 is 17.5 Å². The quantitative estimate of drug-likeness (QED) is 0.696. The normalized spacial score (nSPS) is 15.0. The molecule has 0 N–H and O–H groups in total. The smallest absolute Gasteiger partial charge is 0.336 e. The van der Waals surface area contributed by atoms with Gasteiger partial charge in [-0.2, -0.15) is 0 Å². The number of piperidine rings is 1. The van der Waals surface area contributed by atoms with E-state index in [2.05, 4.69) is 0 Å². The lowest BCUT2D eigenvalue weighted by molar-refractivity contribution is -0.312. The largest absolute Gasteiger partial charge is 0.550 e. The van der Waals surface area contributed by atoms with Crippen LogP contribution in [0.5, 0.6) is 5.75 Å². The van der Waals surface area contributed by atoms with Crippen LogP contribution < -0.4 is 15.5 Å². The van der Waals surface area contributed by atoms with Crippen molar-refractivity contribution in [2.24, 2.45) is 5.92 Å². The third kappa shape index (κ3) is 4.35. The molecule has 1 saturated heterocycles. The maximum atomic E-state index is 12.5. The molecule has 28 heavy (non-hydrogen) atoms. The number of ether oxygens (including phenoxy) is 1. The van der Waals surface area contributed by atoms with E-state index in [0.29, 0.717) is 43.7 Å². The zero-order valence-electron chi connectivity index (χ0n) is 16.2. The molecule has 1 aliphatic rings. The van der Waals surface area contributed by atoms with Crippen molar-refractivity contribution in [1.82, 2.24) is 4.90 Å². The van der Waals surface area contributed by atoms with Crippen molar-refractivity contribution >= 4 is 22.8 Å². The SMILES string of the molecule is CCCc1cc(=O)oc2cc(C)cc(OCC(=O)N3CCC(C(=O)[O-])CC3)c12. The molecule has 7 nitrogen and oxygen atoms in total. The number of carboxylic acid groups (broad SMARTS) is 1. The fourth-order valence-corrected chi connectivity index (χ4v) is 3.65. The Bertz CT molecular complexity index is 940. The lowest BCUT2D eigenvalue weighted by Crippen LogP contribution is -2.45. The highest BCUT2D eigenvalue weighted by atomic mass is 16.5. The van der Waals surface area contributed by atoms with Gasteiger partial charge in [0.05, 0.1) is 5.39 Å². The first kappa shape index (κ1) is 19.9. The Morgan fingerprint density at radius 1 is 1.25 bits per heavy atom. The van der Waals surface area contributed by atoms with Crippen molar-refractivity contribution < 1.29 is 23.8 Å². The zero-order chi connectivity index (χ0) is 20.3. The third-order valence-corrected chi connectivity index (χ3v) is 5.09. The number of aryl methyl sites for hydroxylation is 2. The molecule has 0 radical (unpaired) electrons. The lowest BCUT2D eigenvalue weighted by atomic mass is 9.97. The van der Waals surface area contributed by atoms with Crippen LogP contribution in [-0.4, -0.2) is 36.5 Å². The van der Waals surface area contributed by atoms with E-state index in [4.69, 9.17) is 9.15 Å². The van der Waals surface area contributed by atoms with Gasteiger partial charge < -0.3 is 24.0 Å². The van der Waals surface area contributed by atoms with E-state index in [1.165, 1.54) is 6.07 Å². The standard InChI is InChI=1S/C21H25NO6/c1-3-4-15-11-19(24)28-17-10-13(2)9-16(20(15)17)27-12-18(23)22-7-5-14(6-8-22)21(25)26/h9-11,14H,3-8,12H2,1-2H3,(H,25,26)/p-1. The molecule has 0 unspecified atom stereocenters. The molecule has 150 valence electrons. The summed E-state index contributed by atoms with van der Waals surface area (Å²) in [7, 11) is 0. The number of carbonyl (C=O) groups is 2. The predicted molar refractivity (Wildman–Crippen MR) is 101 cm³/mol. The van der Waals surface area contributed by atoms with Crippen molar-refractivity contribution in [3.8, 4) is 5.75 Å². The van der Waals surface area contributed by atoms with Crippen LogP contribution >= 0.6 is 0 Å². The van der Waals surface area contributed by atoms with Gasteiger partial charge in [-0.1, -0.05) is 13.3 Å². The molecule has 1 amide bonds. The minimum absolute atomic E-state index is 0.154. The van der Waals surface area contributed by atoms with Gasteiger partial charge in [-0.25, -0.2) is 4.79 Å². The monoisotopic (exact) mass is 386 g/mol. The minimum atomic E-state index is -1.06. The Labute approximate surface area is 162 Å². The van der Waals surface area contributed by atoms with Gasteiger partial charge in [0.1, 0.15) is 11.3 Å². The predicted octanol–water partition coefficient (Wildman–Crippen LogP) is 1.42. The van der Waals surface area contributed by atoms with Gasteiger partial charge in [0.25, 0.3) is 5.91 Å². The van der Waals surface area contributed by atoms with Crippen LogP contribution in [0.2, 0.25) is 0 Å². The van der Waals surface area contributed by atoms with Gasteiger partial charge in [0.2, 0.25) is 0 Å². The van der Waals surface area contributed by atoms with Gasteiger partial charge in [-0.05, 0) is 49.4 Å². The number of amides is 1. The van der Waals surface area contributed by atoms with Gasteiger partial charge in [-0.15, -0.1) is 0 Å². The summed E-state index contributed by atoms with van der Waals surface area (Å²) in [5.74, 6) is -1.23. The number of rotatable bonds is 6. The number of carboxylic acids is 1. The molecule has 0 aliphatic carbocycles. The molecule has 1 aliphatic heterocycles. The highest BCUT2D eigenvalue weighted by molar-refractivity contribution is 5.88. The summed E-state index contributed by atoms with van der Waals surface area (Å²) >= 11 is 0. The Morgan fingerprint density at radius 3 is 2.61 bits per heavy atom. The molecular formula is C21H24NO6-. The molecular weight excluding hydrogens is 362 g/mol. The molecule has 0 spiro atoms. The average molecular weight is 386 g/mol. The summed E-state index contributed by atoms with van der Waals surface area (Å²) in [5.41, 5.74) is 1.75. The molecule has 0 atom stereocenters. The third-order valence-electron chi connectivity index (χ3n) is 5.09. The van der Waals surface area contributed by atoms with Crippen molar-refractivity contribution in [3.63, 3.8) is 0 Å². The second-order valence-corrected chi connectivity index (χ2v) is 7.24. The number of carbonyl (C=O) groups excluding carboxylic acids is 2. The molecule has 1 fully saturated rings. The number of fused-ring (bicyclic) bond motifs is 1. The van der Waals surface area contributed by atoms with E-state index >= 15 is 0 Å². The molecule has 1 aromatic heterocycles. The molecule has 3 rings (SSSR count). The van der Waals surface area contributed by atoms with Crippen LogP contribution in [0.1, 0.15) is 37.3 Å². The van der Waals surface area contributed by atoms with E-state index in [9.17, 15) is 19.5 Å². The minimum Gasteiger partial charge on any atom is -0.550 e. The van der Waals surface area contributed by atoms with Crippen molar-refractivity contribution in [3.05, 3.63) is 39.7 Å². The molecule has 7 heteroatoms. The maximum absolute atomic E-state index is 12.5. The fraction of sp³-hybridized carbons (Fsp3) is 0.476. The number of aliphatic carboxylic acids is 1. The Hall–Kier alpha value is -2.83. The maximum Gasteiger partial charge on any atom is 0.336 e. The lowest BCUT2D eigenvalue weighted by Gasteiger charge is -2.32. The van der Waals surface area contributed by atoms with Crippen LogP contribution in [0.4, 0.5) is 0 Å². The molecule has 2 aromatic rings. The Balaban J connectivity index is 1.78. The second kappa shape index (κ2) is 8.46. The highest BCUT2D eigenvalue weighted by Crippen LogP contribution is 2.30. The number of nitrogens with zero attached hydrogens (tertiary/aromatic N) is 1. The first-order chi connectivity index (χ1) is 13.4. The van der Waals surface area contributed by atoms with Gasteiger partial charge >= 0.3 is 5.63 Å². The molecule has 2 heterocycles. The molecule has 0 saturated carbocycles. The number of benzene rings is 1. The molecule has 0 bridgehead atoms. The van der Waals surface area contributed by atoms with Crippen LogP contribution in [0.15, 0.2) is 27.4 Å². The number of hydrogen-bond acceptors (Lipinski definition) is 6. The van der Waals surface area contributed by atoms with Gasteiger partial charge in [0, 0.05) is 31.0 Å². The van der Waals surface area contributed by atoms with Crippen molar-refractivity contribution in [2.45, 2.75) is 39.5 Å². The zero-order valence-corrected chi connectivity index (χ0v) is 16.2. The van der Waals surface area contributed by atoms with Gasteiger partial charge in [-0.3, -0.25) is 4.79 Å². The summed E-state index contributed by atoms with van der Waals surface area (Å²) in [6.07, 6.45) is 2.35. The van der Waals surface area contributed by atoms with Crippen LogP contribution in [0, 0.1) is 12.8 Å². The van der Waals surface area contributed by atoms with Gasteiger partial charge in [0.15, 0.2) is 6.61 Å². The first-order valence-electron chi connectivity index (χ1n) is 9.58. The summed E-state index contributed by atoms with van der Waals surface area (Å²) in [4.78, 5) is 36.9. The van der Waals surface area contributed by atoms with Crippen LogP contribution in [0.25, 0.3) is 11.0 Å². The Morgan fingerprint density at radius 2 is 1.96 bits per heavy atom. The summed E-state index contributed by atoms with van der Waals surface area (Å²) in [6, 6.07) is 5.09. The van der Waals surface area contributed by atoms with E-state index in [1.54, 1.807) is 11.0 Å². The molecule has 1 aromatic carbocycles.